The van der Waals surface area contributed by atoms with Crippen molar-refractivity contribution in [1.29, 1.82) is 0 Å². The Morgan fingerprint density at radius 2 is 1.86 bits per heavy atom. The van der Waals surface area contributed by atoms with E-state index in [1.54, 1.807) is 0 Å². The van der Waals surface area contributed by atoms with Crippen LogP contribution in [0.5, 0.6) is 0 Å². The first-order valence-electron chi connectivity index (χ1n) is 9.82. The summed E-state index contributed by atoms with van der Waals surface area (Å²) in [5, 5.41) is 5.76. The number of thioether (sulfide) groups is 2. The third-order valence-electron chi connectivity index (χ3n) is 6.13. The summed E-state index contributed by atoms with van der Waals surface area (Å²) in [4.78, 5) is 16.4. The summed E-state index contributed by atoms with van der Waals surface area (Å²) < 4.78 is 38.3. The van der Waals surface area contributed by atoms with Gasteiger partial charge >= 0.3 is 6.18 Å². The molecule has 29 heavy (non-hydrogen) atoms. The minimum Gasteiger partial charge on any atom is -0.367 e. The monoisotopic (exact) mass is 465 g/mol. The summed E-state index contributed by atoms with van der Waals surface area (Å²) in [7, 11) is 0. The SMILES string of the molecule is O=C(NCCNc1ncc(C(F)(F)F)cc1Cl)C1C[C@H]2CC[C@@H](C1)C21SCCS1. The van der Waals surface area contributed by atoms with Gasteiger partial charge in [-0.25, -0.2) is 4.98 Å². The molecule has 1 amide bonds. The second-order valence-electron chi connectivity index (χ2n) is 7.83. The average molecular weight is 466 g/mol. The molecule has 3 aliphatic rings. The zero-order valence-electron chi connectivity index (χ0n) is 15.7. The second-order valence-corrected chi connectivity index (χ2v) is 11.2. The molecule has 1 unspecified atom stereocenters. The molecule has 4 nitrogen and oxygen atoms in total. The quantitative estimate of drug-likeness (QED) is 0.606. The highest BCUT2D eigenvalue weighted by Crippen LogP contribution is 2.65. The first kappa shape index (κ1) is 21.4. The fraction of sp³-hybridized carbons (Fsp3) is 0.684. The topological polar surface area (TPSA) is 54.0 Å². The number of nitrogens with zero attached hydrogens (tertiary/aromatic N) is 1. The number of carbonyl (C=O) groups excluding carboxylic acids is 1. The van der Waals surface area contributed by atoms with Gasteiger partial charge in [0.1, 0.15) is 5.82 Å². The van der Waals surface area contributed by atoms with Gasteiger partial charge < -0.3 is 10.6 Å². The Kier molecular flexibility index (Phi) is 6.19. The molecule has 1 spiro atoms. The minimum absolute atomic E-state index is 0.0627. The van der Waals surface area contributed by atoms with Gasteiger partial charge in [0.15, 0.2) is 0 Å². The fourth-order valence-corrected chi connectivity index (χ4v) is 9.02. The first-order chi connectivity index (χ1) is 13.8. The molecule has 0 radical (unpaired) electrons. The van der Waals surface area contributed by atoms with Crippen LogP contribution in [-0.2, 0) is 11.0 Å². The van der Waals surface area contributed by atoms with Gasteiger partial charge in [-0.15, -0.1) is 23.5 Å². The van der Waals surface area contributed by atoms with Crippen LogP contribution in [0.15, 0.2) is 12.3 Å². The zero-order valence-corrected chi connectivity index (χ0v) is 18.1. The molecule has 2 N–H and O–H groups in total. The zero-order chi connectivity index (χ0) is 20.6. The summed E-state index contributed by atoms with van der Waals surface area (Å²) in [5.74, 6) is 4.03. The number of nitrogens with one attached hydrogen (secondary N) is 2. The van der Waals surface area contributed by atoms with Crippen LogP contribution < -0.4 is 10.6 Å². The molecule has 2 heterocycles. The Balaban J connectivity index is 1.24. The Labute approximate surface area is 181 Å². The first-order valence-corrected chi connectivity index (χ1v) is 12.2. The highest BCUT2D eigenvalue weighted by molar-refractivity contribution is 8.21. The van der Waals surface area contributed by atoms with Crippen molar-refractivity contribution in [3.63, 3.8) is 0 Å². The Bertz CT molecular complexity index is 758. The van der Waals surface area contributed by atoms with Gasteiger partial charge in [-0.1, -0.05) is 11.6 Å². The standard InChI is InChI=1S/C19H23ClF3N3OS2/c20-15-9-14(19(21,22)23)10-26-16(15)24-3-4-25-17(27)11-7-12-1-2-13(8-11)18(12)28-5-6-29-18/h9-13H,1-8H2,(H,24,26)(H,25,27)/t11?,12-,13+. The van der Waals surface area contributed by atoms with Gasteiger partial charge in [0, 0.05) is 36.7 Å². The van der Waals surface area contributed by atoms with Gasteiger partial charge in [-0.05, 0) is 43.6 Å². The second kappa shape index (κ2) is 8.38. The summed E-state index contributed by atoms with van der Waals surface area (Å²) in [6.45, 7) is 0.720. The van der Waals surface area contributed by atoms with Gasteiger partial charge in [0.2, 0.25) is 5.91 Å². The number of halogens is 4. The third kappa shape index (κ3) is 4.32. The van der Waals surface area contributed by atoms with E-state index in [1.807, 2.05) is 0 Å². The average Bonchev–Trinajstić information content (AvgIpc) is 3.20. The van der Waals surface area contributed by atoms with E-state index in [4.69, 9.17) is 11.6 Å². The molecule has 2 saturated carbocycles. The van der Waals surface area contributed by atoms with Crippen molar-refractivity contribution >= 4 is 46.8 Å². The molecule has 1 aromatic heterocycles. The van der Waals surface area contributed by atoms with Crippen molar-refractivity contribution in [3.05, 3.63) is 22.8 Å². The van der Waals surface area contributed by atoms with Crippen LogP contribution in [0.2, 0.25) is 5.02 Å². The summed E-state index contributed by atoms with van der Waals surface area (Å²) >= 11 is 10.1. The molecule has 2 aliphatic carbocycles. The maximum Gasteiger partial charge on any atom is 0.417 e. The maximum atomic E-state index is 12.7. The van der Waals surface area contributed by atoms with E-state index < -0.39 is 11.7 Å². The summed E-state index contributed by atoms with van der Waals surface area (Å²) in [5.41, 5.74) is -0.885. The number of amides is 1. The molecule has 0 aromatic carbocycles. The number of anilines is 1. The highest BCUT2D eigenvalue weighted by Gasteiger charge is 2.57. The highest BCUT2D eigenvalue weighted by atomic mass is 35.5. The molecular weight excluding hydrogens is 443 g/mol. The van der Waals surface area contributed by atoms with Crippen molar-refractivity contribution < 1.29 is 18.0 Å². The van der Waals surface area contributed by atoms with Crippen LogP contribution in [0.1, 0.15) is 31.2 Å². The lowest BCUT2D eigenvalue weighted by molar-refractivity contribution is -0.137. The Morgan fingerprint density at radius 3 is 2.45 bits per heavy atom. The van der Waals surface area contributed by atoms with Crippen molar-refractivity contribution in [2.24, 2.45) is 17.8 Å². The van der Waals surface area contributed by atoms with Crippen LogP contribution in [-0.4, -0.2) is 39.6 Å². The van der Waals surface area contributed by atoms with E-state index in [0.29, 0.717) is 29.0 Å². The lowest BCUT2D eigenvalue weighted by atomic mass is 9.79. The summed E-state index contributed by atoms with van der Waals surface area (Å²) in [6.07, 6.45) is 0.655. The number of pyridine rings is 1. The molecule has 10 heteroatoms. The molecule has 2 bridgehead atoms. The largest absolute Gasteiger partial charge is 0.417 e. The number of hydrogen-bond donors (Lipinski definition) is 2. The molecule has 1 aliphatic heterocycles. The Morgan fingerprint density at radius 1 is 1.21 bits per heavy atom. The Hall–Kier alpha value is -0.800. The molecule has 1 saturated heterocycles. The van der Waals surface area contributed by atoms with Gasteiger partial charge in [-0.3, -0.25) is 4.79 Å². The third-order valence-corrected chi connectivity index (χ3v) is 10.4. The van der Waals surface area contributed by atoms with Crippen LogP contribution in [0.3, 0.4) is 0 Å². The van der Waals surface area contributed by atoms with E-state index in [0.717, 1.165) is 25.1 Å². The van der Waals surface area contributed by atoms with Crippen LogP contribution >= 0.6 is 35.1 Å². The van der Waals surface area contributed by atoms with E-state index in [-0.39, 0.29) is 22.7 Å². The van der Waals surface area contributed by atoms with E-state index >= 15 is 0 Å². The van der Waals surface area contributed by atoms with Crippen LogP contribution in [0.25, 0.3) is 0 Å². The molecule has 1 aromatic rings. The van der Waals surface area contributed by atoms with Gasteiger partial charge in [0.05, 0.1) is 14.7 Å². The number of aromatic nitrogens is 1. The lowest BCUT2D eigenvalue weighted by Crippen LogP contribution is -2.43. The molecule has 3 atom stereocenters. The van der Waals surface area contributed by atoms with E-state index in [9.17, 15) is 18.0 Å². The lowest BCUT2D eigenvalue weighted by Gasteiger charge is -2.42. The fourth-order valence-electron chi connectivity index (χ4n) is 4.85. The molecule has 3 fully saturated rings. The number of carbonyl (C=O) groups is 1. The maximum absolute atomic E-state index is 12.7. The predicted molar refractivity (Wildman–Crippen MR) is 112 cm³/mol. The van der Waals surface area contributed by atoms with Gasteiger partial charge in [0.25, 0.3) is 0 Å². The van der Waals surface area contributed by atoms with Crippen LogP contribution in [0.4, 0.5) is 19.0 Å². The molecule has 160 valence electrons. The smallest absolute Gasteiger partial charge is 0.367 e. The van der Waals surface area contributed by atoms with Crippen molar-refractivity contribution in [1.82, 2.24) is 10.3 Å². The normalized spacial score (nSPS) is 27.9. The van der Waals surface area contributed by atoms with Crippen molar-refractivity contribution in [3.8, 4) is 0 Å². The predicted octanol–water partition coefficient (Wildman–Crippen LogP) is 4.89. The molecular formula is C19H23ClF3N3OS2. The molecule has 4 rings (SSSR count). The minimum atomic E-state index is -4.48. The summed E-state index contributed by atoms with van der Waals surface area (Å²) in [6, 6.07) is 0.849. The van der Waals surface area contributed by atoms with Crippen molar-refractivity contribution in [2.75, 3.05) is 29.9 Å². The number of alkyl halides is 3. The van der Waals surface area contributed by atoms with E-state index in [2.05, 4.69) is 39.1 Å². The van der Waals surface area contributed by atoms with Crippen molar-refractivity contribution in [2.45, 2.75) is 35.9 Å². The number of rotatable bonds is 5. The van der Waals surface area contributed by atoms with Gasteiger partial charge in [-0.2, -0.15) is 13.2 Å². The van der Waals surface area contributed by atoms with E-state index in [1.165, 1.54) is 24.3 Å². The number of hydrogen-bond acceptors (Lipinski definition) is 5. The van der Waals surface area contributed by atoms with Crippen LogP contribution in [0, 0.1) is 17.8 Å².